The average Bonchev–Trinajstić information content (AvgIpc) is 2.15. The molecule has 0 bridgehead atoms. The van der Waals surface area contributed by atoms with E-state index in [0.29, 0.717) is 5.41 Å². The van der Waals surface area contributed by atoms with Gasteiger partial charge in [0.25, 0.3) is 0 Å². The smallest absolute Gasteiger partial charge is 0.0240 e. The first-order valence-electron chi connectivity index (χ1n) is 4.51. The van der Waals surface area contributed by atoms with Crippen LogP contribution in [-0.4, -0.2) is 15.7 Å². The van der Waals surface area contributed by atoms with Crippen molar-refractivity contribution in [2.24, 2.45) is 5.41 Å². The Bertz CT molecular complexity index is 156. The second kappa shape index (κ2) is 3.70. The summed E-state index contributed by atoms with van der Waals surface area (Å²) in [6, 6.07) is 0. The van der Waals surface area contributed by atoms with Gasteiger partial charge >= 0.3 is 0 Å². The van der Waals surface area contributed by atoms with E-state index in [1.54, 1.807) is 0 Å². The molecular weight excluding hydrogens is 156 g/mol. The van der Waals surface area contributed by atoms with E-state index in [9.17, 15) is 4.21 Å². The molecule has 0 aromatic heterocycles. The molecule has 0 aromatic carbocycles. The quantitative estimate of drug-likeness (QED) is 0.596. The third-order valence-corrected chi connectivity index (χ3v) is 4.34. The molecule has 1 saturated heterocycles. The van der Waals surface area contributed by atoms with Crippen LogP contribution in [0.1, 0.15) is 39.5 Å². The third kappa shape index (κ3) is 2.58. The van der Waals surface area contributed by atoms with Gasteiger partial charge in [0.1, 0.15) is 0 Å². The second-order valence-corrected chi connectivity index (χ2v) is 5.56. The SMILES string of the molecule is CCC1(C)CCCS(=O)CC1. The van der Waals surface area contributed by atoms with E-state index in [4.69, 9.17) is 0 Å². The summed E-state index contributed by atoms with van der Waals surface area (Å²) in [5.41, 5.74) is 0.492. The zero-order valence-electron chi connectivity index (χ0n) is 7.56. The number of hydrogen-bond acceptors (Lipinski definition) is 1. The average molecular weight is 174 g/mol. The van der Waals surface area contributed by atoms with Gasteiger partial charge in [0, 0.05) is 22.3 Å². The van der Waals surface area contributed by atoms with Crippen molar-refractivity contribution in [1.29, 1.82) is 0 Å². The molecule has 1 nitrogen and oxygen atoms in total. The Morgan fingerprint density at radius 3 is 2.73 bits per heavy atom. The summed E-state index contributed by atoms with van der Waals surface area (Å²) in [7, 11) is -0.506. The lowest BCUT2D eigenvalue weighted by Gasteiger charge is -2.25. The van der Waals surface area contributed by atoms with Gasteiger partial charge in [-0.15, -0.1) is 0 Å². The molecule has 1 aliphatic rings. The predicted octanol–water partition coefficient (Wildman–Crippen LogP) is 2.34. The van der Waals surface area contributed by atoms with Crippen LogP contribution in [0.15, 0.2) is 0 Å². The standard InChI is InChI=1S/C9H18OS/c1-3-9(2)5-4-7-11(10)8-6-9/h3-8H2,1-2H3. The molecular formula is C9H18OS. The van der Waals surface area contributed by atoms with Crippen molar-refractivity contribution in [3.8, 4) is 0 Å². The highest BCUT2D eigenvalue weighted by atomic mass is 32.2. The normalized spacial score (nSPS) is 40.0. The predicted molar refractivity (Wildman–Crippen MR) is 50.1 cm³/mol. The van der Waals surface area contributed by atoms with Gasteiger partial charge in [-0.05, 0) is 24.7 Å². The molecule has 11 heavy (non-hydrogen) atoms. The Balaban J connectivity index is 2.52. The first-order valence-corrected chi connectivity index (χ1v) is 6.00. The van der Waals surface area contributed by atoms with Gasteiger partial charge in [-0.2, -0.15) is 0 Å². The molecule has 0 aliphatic carbocycles. The van der Waals surface area contributed by atoms with Crippen molar-refractivity contribution < 1.29 is 4.21 Å². The van der Waals surface area contributed by atoms with E-state index in [1.165, 1.54) is 12.8 Å². The monoisotopic (exact) mass is 174 g/mol. The fraction of sp³-hybridized carbons (Fsp3) is 1.00. The topological polar surface area (TPSA) is 17.1 Å². The van der Waals surface area contributed by atoms with Gasteiger partial charge < -0.3 is 0 Å². The highest BCUT2D eigenvalue weighted by molar-refractivity contribution is 7.84. The van der Waals surface area contributed by atoms with Crippen molar-refractivity contribution in [2.45, 2.75) is 39.5 Å². The molecule has 0 aromatic rings. The molecule has 0 spiro atoms. The summed E-state index contributed by atoms with van der Waals surface area (Å²) in [4.78, 5) is 0. The van der Waals surface area contributed by atoms with E-state index in [-0.39, 0.29) is 0 Å². The van der Waals surface area contributed by atoms with Gasteiger partial charge in [0.05, 0.1) is 0 Å². The zero-order chi connectivity index (χ0) is 8.32. The lowest BCUT2D eigenvalue weighted by Crippen LogP contribution is -2.15. The zero-order valence-corrected chi connectivity index (χ0v) is 8.38. The molecule has 0 saturated carbocycles. The molecule has 0 N–H and O–H groups in total. The lowest BCUT2D eigenvalue weighted by molar-refractivity contribution is 0.277. The minimum absolute atomic E-state index is 0.492. The van der Waals surface area contributed by atoms with Crippen LogP contribution in [0.2, 0.25) is 0 Å². The highest BCUT2D eigenvalue weighted by Gasteiger charge is 2.25. The van der Waals surface area contributed by atoms with E-state index in [2.05, 4.69) is 13.8 Å². The summed E-state index contributed by atoms with van der Waals surface area (Å²) in [6.07, 6.45) is 4.84. The van der Waals surface area contributed by atoms with Crippen LogP contribution in [0.4, 0.5) is 0 Å². The Morgan fingerprint density at radius 1 is 1.36 bits per heavy atom. The van der Waals surface area contributed by atoms with Gasteiger partial charge in [-0.25, -0.2) is 0 Å². The van der Waals surface area contributed by atoms with Crippen molar-refractivity contribution in [3.63, 3.8) is 0 Å². The summed E-state index contributed by atoms with van der Waals surface area (Å²) in [6.45, 7) is 4.57. The van der Waals surface area contributed by atoms with Gasteiger partial charge in [0.2, 0.25) is 0 Å². The Labute approximate surface area is 72.0 Å². The molecule has 0 radical (unpaired) electrons. The van der Waals surface area contributed by atoms with Crippen LogP contribution in [0.5, 0.6) is 0 Å². The van der Waals surface area contributed by atoms with E-state index >= 15 is 0 Å². The van der Waals surface area contributed by atoms with Gasteiger partial charge in [0.15, 0.2) is 0 Å². The Kier molecular flexibility index (Phi) is 3.11. The Hall–Kier alpha value is 0.150. The second-order valence-electron chi connectivity index (χ2n) is 3.87. The van der Waals surface area contributed by atoms with E-state index < -0.39 is 10.8 Å². The molecule has 66 valence electrons. The molecule has 1 rings (SSSR count). The van der Waals surface area contributed by atoms with Crippen molar-refractivity contribution in [3.05, 3.63) is 0 Å². The molecule has 2 heteroatoms. The van der Waals surface area contributed by atoms with Crippen LogP contribution in [0, 0.1) is 5.41 Å². The summed E-state index contributed by atoms with van der Waals surface area (Å²) < 4.78 is 11.2. The first-order chi connectivity index (χ1) is 5.16. The van der Waals surface area contributed by atoms with Gasteiger partial charge in [-0.1, -0.05) is 20.3 Å². The van der Waals surface area contributed by atoms with Crippen LogP contribution < -0.4 is 0 Å². The summed E-state index contributed by atoms with van der Waals surface area (Å²) in [5, 5.41) is 0. The van der Waals surface area contributed by atoms with Crippen LogP contribution in [0.25, 0.3) is 0 Å². The molecule has 1 heterocycles. The maximum atomic E-state index is 11.2. The number of rotatable bonds is 1. The highest BCUT2D eigenvalue weighted by Crippen LogP contribution is 2.33. The molecule has 2 atom stereocenters. The van der Waals surface area contributed by atoms with Crippen molar-refractivity contribution in [1.82, 2.24) is 0 Å². The largest absolute Gasteiger partial charge is 0.260 e. The minimum Gasteiger partial charge on any atom is -0.260 e. The summed E-state index contributed by atoms with van der Waals surface area (Å²) >= 11 is 0. The maximum absolute atomic E-state index is 11.2. The fourth-order valence-electron chi connectivity index (χ4n) is 1.60. The molecule has 1 aliphatic heterocycles. The van der Waals surface area contributed by atoms with Crippen LogP contribution >= 0.6 is 0 Å². The van der Waals surface area contributed by atoms with E-state index in [0.717, 1.165) is 24.3 Å². The first kappa shape index (κ1) is 9.24. The number of hydrogen-bond donors (Lipinski definition) is 0. The molecule has 1 fully saturated rings. The van der Waals surface area contributed by atoms with E-state index in [1.807, 2.05) is 0 Å². The molecule has 0 amide bonds. The third-order valence-electron chi connectivity index (χ3n) is 2.94. The minimum atomic E-state index is -0.506. The summed E-state index contributed by atoms with van der Waals surface area (Å²) in [5.74, 6) is 1.87. The maximum Gasteiger partial charge on any atom is 0.0240 e. The Morgan fingerprint density at radius 2 is 2.09 bits per heavy atom. The molecule has 2 unspecified atom stereocenters. The van der Waals surface area contributed by atoms with Gasteiger partial charge in [-0.3, -0.25) is 4.21 Å². The fourth-order valence-corrected chi connectivity index (χ4v) is 2.99. The van der Waals surface area contributed by atoms with Crippen molar-refractivity contribution >= 4 is 10.8 Å². The van der Waals surface area contributed by atoms with Crippen LogP contribution in [0.3, 0.4) is 0 Å². The lowest BCUT2D eigenvalue weighted by atomic mass is 9.81. The van der Waals surface area contributed by atoms with Crippen LogP contribution in [-0.2, 0) is 10.8 Å². The van der Waals surface area contributed by atoms with Crippen molar-refractivity contribution in [2.75, 3.05) is 11.5 Å².